The molecule has 0 aromatic heterocycles. The van der Waals surface area contributed by atoms with Crippen LogP contribution in [0.15, 0.2) is 59.5 Å². The lowest BCUT2D eigenvalue weighted by molar-refractivity contribution is -0.113. The number of aryl methyl sites for hydroxylation is 1. The lowest BCUT2D eigenvalue weighted by atomic mass is 10.2. The first kappa shape index (κ1) is 21.5. The van der Waals surface area contributed by atoms with Crippen molar-refractivity contribution in [3.63, 3.8) is 0 Å². The van der Waals surface area contributed by atoms with E-state index in [0.29, 0.717) is 24.5 Å². The molecule has 0 saturated heterocycles. The van der Waals surface area contributed by atoms with Crippen molar-refractivity contribution in [2.75, 3.05) is 29.9 Å². The van der Waals surface area contributed by atoms with Crippen LogP contribution in [0.1, 0.15) is 19.4 Å². The fourth-order valence-corrected chi connectivity index (χ4v) is 4.93. The molecule has 27 heavy (non-hydrogen) atoms. The first-order valence-electron chi connectivity index (χ1n) is 8.99. The third-order valence-corrected chi connectivity index (χ3v) is 7.08. The van der Waals surface area contributed by atoms with Crippen molar-refractivity contribution in [2.45, 2.75) is 25.2 Å². The Labute approximate surface area is 166 Å². The van der Waals surface area contributed by atoms with Crippen LogP contribution in [0.3, 0.4) is 0 Å². The number of amides is 1. The van der Waals surface area contributed by atoms with Gasteiger partial charge in [-0.15, -0.1) is 0 Å². The van der Waals surface area contributed by atoms with E-state index >= 15 is 0 Å². The molecule has 2 rings (SSSR count). The summed E-state index contributed by atoms with van der Waals surface area (Å²) < 4.78 is 26.6. The summed E-state index contributed by atoms with van der Waals surface area (Å²) >= 11 is 1.56. The van der Waals surface area contributed by atoms with Gasteiger partial charge in [-0.3, -0.25) is 4.79 Å². The summed E-state index contributed by atoms with van der Waals surface area (Å²) in [6, 6.07) is 16.6. The van der Waals surface area contributed by atoms with E-state index in [1.165, 1.54) is 15.9 Å². The predicted molar refractivity (Wildman–Crippen MR) is 113 cm³/mol. The van der Waals surface area contributed by atoms with Gasteiger partial charge in [0, 0.05) is 18.8 Å². The standard InChI is InChI=1S/C20H26N2O3S2/c1-3-22(4-2)27(24,25)19-12-8-11-18(15-19)21-20(23)16-26-14-13-17-9-6-5-7-10-17/h5-12,15H,3-4,13-14,16H2,1-2H3,(H,21,23). The van der Waals surface area contributed by atoms with Gasteiger partial charge in [-0.05, 0) is 35.9 Å². The monoisotopic (exact) mass is 406 g/mol. The Morgan fingerprint density at radius 3 is 2.41 bits per heavy atom. The van der Waals surface area contributed by atoms with Crippen molar-refractivity contribution < 1.29 is 13.2 Å². The molecule has 1 N–H and O–H groups in total. The summed E-state index contributed by atoms with van der Waals surface area (Å²) in [5.74, 6) is 1.05. The lowest BCUT2D eigenvalue weighted by Gasteiger charge is -2.18. The van der Waals surface area contributed by atoms with E-state index in [9.17, 15) is 13.2 Å². The molecule has 0 atom stereocenters. The normalized spacial score (nSPS) is 11.5. The van der Waals surface area contributed by atoms with Crippen molar-refractivity contribution in [1.29, 1.82) is 0 Å². The number of nitrogens with zero attached hydrogens (tertiary/aromatic N) is 1. The number of anilines is 1. The van der Waals surface area contributed by atoms with E-state index in [4.69, 9.17) is 0 Å². The van der Waals surface area contributed by atoms with Crippen LogP contribution in [-0.4, -0.2) is 43.2 Å². The molecule has 5 nitrogen and oxygen atoms in total. The van der Waals surface area contributed by atoms with Crippen LogP contribution in [-0.2, 0) is 21.2 Å². The van der Waals surface area contributed by atoms with Crippen molar-refractivity contribution in [3.05, 3.63) is 60.2 Å². The van der Waals surface area contributed by atoms with Gasteiger partial charge in [-0.2, -0.15) is 16.1 Å². The fraction of sp³-hybridized carbons (Fsp3) is 0.350. The molecule has 0 radical (unpaired) electrons. The molecule has 2 aromatic carbocycles. The maximum atomic E-state index is 12.6. The first-order chi connectivity index (χ1) is 13.0. The second kappa shape index (κ2) is 10.5. The average Bonchev–Trinajstić information content (AvgIpc) is 2.67. The zero-order chi connectivity index (χ0) is 19.7. The molecule has 0 saturated carbocycles. The van der Waals surface area contributed by atoms with Crippen LogP contribution in [0.25, 0.3) is 0 Å². The van der Waals surface area contributed by atoms with Crippen molar-refractivity contribution in [1.82, 2.24) is 4.31 Å². The van der Waals surface area contributed by atoms with Gasteiger partial charge in [0.15, 0.2) is 0 Å². The van der Waals surface area contributed by atoms with Crippen LogP contribution in [0, 0.1) is 0 Å². The van der Waals surface area contributed by atoms with E-state index in [0.717, 1.165) is 12.2 Å². The van der Waals surface area contributed by atoms with Gasteiger partial charge in [-0.1, -0.05) is 50.2 Å². The molecule has 1 amide bonds. The fourth-order valence-electron chi connectivity index (χ4n) is 2.64. The highest BCUT2D eigenvalue weighted by Gasteiger charge is 2.21. The topological polar surface area (TPSA) is 66.5 Å². The Morgan fingerprint density at radius 1 is 1.04 bits per heavy atom. The zero-order valence-corrected chi connectivity index (χ0v) is 17.4. The molecule has 0 aliphatic rings. The van der Waals surface area contributed by atoms with Crippen LogP contribution in [0.4, 0.5) is 5.69 Å². The molecule has 0 bridgehead atoms. The van der Waals surface area contributed by atoms with Crippen molar-refractivity contribution >= 4 is 33.4 Å². The van der Waals surface area contributed by atoms with E-state index < -0.39 is 10.0 Å². The molecule has 0 aliphatic heterocycles. The van der Waals surface area contributed by atoms with E-state index in [1.54, 1.807) is 43.8 Å². The molecule has 146 valence electrons. The largest absolute Gasteiger partial charge is 0.325 e. The number of rotatable bonds is 10. The third-order valence-electron chi connectivity index (χ3n) is 4.07. The second-order valence-corrected chi connectivity index (χ2v) is 9.00. The average molecular weight is 407 g/mol. The summed E-state index contributed by atoms with van der Waals surface area (Å²) in [5.41, 5.74) is 1.75. The molecule has 0 aliphatic carbocycles. The van der Waals surface area contributed by atoms with Crippen LogP contribution < -0.4 is 5.32 Å². The minimum absolute atomic E-state index is 0.134. The van der Waals surface area contributed by atoms with E-state index in [-0.39, 0.29) is 10.8 Å². The maximum absolute atomic E-state index is 12.6. The smallest absolute Gasteiger partial charge is 0.243 e. The van der Waals surface area contributed by atoms with Gasteiger partial charge in [0.1, 0.15) is 0 Å². The van der Waals surface area contributed by atoms with Gasteiger partial charge < -0.3 is 5.32 Å². The van der Waals surface area contributed by atoms with E-state index in [1.807, 2.05) is 18.2 Å². The Hall–Kier alpha value is -1.83. The van der Waals surface area contributed by atoms with Gasteiger partial charge in [0.25, 0.3) is 0 Å². The quantitative estimate of drug-likeness (QED) is 0.612. The number of thioether (sulfide) groups is 1. The molecular formula is C20H26N2O3S2. The third kappa shape index (κ3) is 6.37. The number of hydrogen-bond acceptors (Lipinski definition) is 4. The summed E-state index contributed by atoms with van der Waals surface area (Å²) in [6.45, 7) is 4.43. The van der Waals surface area contributed by atoms with Crippen LogP contribution >= 0.6 is 11.8 Å². The number of carbonyl (C=O) groups excluding carboxylic acids is 1. The molecular weight excluding hydrogens is 380 g/mol. The first-order valence-corrected chi connectivity index (χ1v) is 11.6. The predicted octanol–water partition coefficient (Wildman–Crippen LogP) is 3.63. The zero-order valence-electron chi connectivity index (χ0n) is 15.7. The van der Waals surface area contributed by atoms with Crippen molar-refractivity contribution in [3.8, 4) is 0 Å². The Balaban J connectivity index is 1.89. The number of nitrogens with one attached hydrogen (secondary N) is 1. The SMILES string of the molecule is CCN(CC)S(=O)(=O)c1cccc(NC(=O)CSCCc2ccccc2)c1. The van der Waals surface area contributed by atoms with Crippen LogP contribution in [0.2, 0.25) is 0 Å². The van der Waals surface area contributed by atoms with Gasteiger partial charge in [-0.25, -0.2) is 8.42 Å². The summed E-state index contributed by atoms with van der Waals surface area (Å²) in [5, 5.41) is 2.79. The Bertz CT molecular complexity index is 835. The Morgan fingerprint density at radius 2 is 1.74 bits per heavy atom. The number of carbonyl (C=O) groups is 1. The molecule has 0 fully saturated rings. The molecule has 0 heterocycles. The minimum Gasteiger partial charge on any atom is -0.325 e. The molecule has 0 unspecified atom stereocenters. The molecule has 2 aromatic rings. The summed E-state index contributed by atoms with van der Waals surface area (Å²) in [6.07, 6.45) is 0.913. The number of hydrogen-bond donors (Lipinski definition) is 1. The molecule has 7 heteroatoms. The summed E-state index contributed by atoms with van der Waals surface area (Å²) in [4.78, 5) is 12.3. The highest BCUT2D eigenvalue weighted by atomic mass is 32.2. The molecule has 0 spiro atoms. The maximum Gasteiger partial charge on any atom is 0.243 e. The number of benzene rings is 2. The highest BCUT2D eigenvalue weighted by Crippen LogP contribution is 2.20. The van der Waals surface area contributed by atoms with E-state index in [2.05, 4.69) is 17.4 Å². The van der Waals surface area contributed by atoms with Gasteiger partial charge >= 0.3 is 0 Å². The van der Waals surface area contributed by atoms with Crippen LogP contribution in [0.5, 0.6) is 0 Å². The summed E-state index contributed by atoms with van der Waals surface area (Å²) in [7, 11) is -3.53. The number of sulfonamides is 1. The van der Waals surface area contributed by atoms with Crippen molar-refractivity contribution in [2.24, 2.45) is 0 Å². The van der Waals surface area contributed by atoms with Gasteiger partial charge in [0.05, 0.1) is 10.6 Å². The lowest BCUT2D eigenvalue weighted by Crippen LogP contribution is -2.30. The van der Waals surface area contributed by atoms with Gasteiger partial charge in [0.2, 0.25) is 15.9 Å². The second-order valence-electron chi connectivity index (χ2n) is 5.95. The minimum atomic E-state index is -3.53. The highest BCUT2D eigenvalue weighted by molar-refractivity contribution is 7.99. The Kier molecular flexibility index (Phi) is 8.34.